The number of allylic oxidation sites excluding steroid dienone is 1. The van der Waals surface area contributed by atoms with Gasteiger partial charge >= 0.3 is 11.9 Å². The largest absolute Gasteiger partial charge is 0.493 e. The molecule has 0 saturated carbocycles. The van der Waals surface area contributed by atoms with E-state index in [4.69, 9.17) is 23.9 Å². The van der Waals surface area contributed by atoms with E-state index in [-0.39, 0.29) is 13.2 Å². The van der Waals surface area contributed by atoms with Crippen LogP contribution in [0, 0.1) is 12.8 Å². The fourth-order valence-electron chi connectivity index (χ4n) is 5.11. The zero-order valence-electron chi connectivity index (χ0n) is 23.9. The zero-order valence-corrected chi connectivity index (χ0v) is 24.7. The van der Waals surface area contributed by atoms with Crippen LogP contribution in [0.15, 0.2) is 58.7 Å². The Kier molecular flexibility index (Phi) is 9.04. The first-order valence-electron chi connectivity index (χ1n) is 13.1. The second kappa shape index (κ2) is 12.5. The SMILES string of the molecule is CCOC(=O)C1=C(C)N=C(C)C(C(=O)OCC)C1c1ccccc1-c1nc(-c2ccc(OC)c(OC)c2)c(C)s1. The number of aliphatic imine (C=N–C) groups is 1. The van der Waals surface area contributed by atoms with Gasteiger partial charge in [0.25, 0.3) is 0 Å². The van der Waals surface area contributed by atoms with Crippen molar-refractivity contribution in [3.05, 3.63) is 64.2 Å². The van der Waals surface area contributed by atoms with Crippen LogP contribution in [0.5, 0.6) is 11.5 Å². The van der Waals surface area contributed by atoms with Crippen molar-refractivity contribution < 1.29 is 28.5 Å². The molecule has 4 rings (SSSR count). The summed E-state index contributed by atoms with van der Waals surface area (Å²) in [7, 11) is 3.20. The van der Waals surface area contributed by atoms with Gasteiger partial charge in [-0.1, -0.05) is 24.3 Å². The number of nitrogens with zero attached hydrogens (tertiary/aromatic N) is 2. The lowest BCUT2D eigenvalue weighted by Crippen LogP contribution is -2.36. The number of hydrogen-bond donors (Lipinski definition) is 0. The molecule has 9 heteroatoms. The number of methoxy groups -OCH3 is 2. The molecule has 1 aliphatic rings. The molecule has 40 heavy (non-hydrogen) atoms. The van der Waals surface area contributed by atoms with Gasteiger partial charge in [-0.05, 0) is 58.4 Å². The second-order valence-corrected chi connectivity index (χ2v) is 10.5. The zero-order chi connectivity index (χ0) is 29.0. The normalized spacial score (nSPS) is 16.8. The summed E-state index contributed by atoms with van der Waals surface area (Å²) in [6.07, 6.45) is 0. The Morgan fingerprint density at radius 2 is 1.62 bits per heavy atom. The molecule has 3 aromatic rings. The maximum atomic E-state index is 13.3. The van der Waals surface area contributed by atoms with Gasteiger partial charge in [-0.25, -0.2) is 9.78 Å². The van der Waals surface area contributed by atoms with Crippen molar-refractivity contribution >= 4 is 29.0 Å². The third-order valence-electron chi connectivity index (χ3n) is 6.84. The number of esters is 2. The average molecular weight is 563 g/mol. The standard InChI is InChI=1S/C31H34N2O6S/c1-8-38-30(34)25-17(3)32-18(4)26(31(35)39-9-2)27(25)21-12-10-11-13-22(21)29-33-28(19(5)40-29)20-14-15-23(36-6)24(16-20)37-7/h10-16,25,27H,8-9H2,1-7H3. The van der Waals surface area contributed by atoms with Gasteiger partial charge in [0, 0.05) is 33.3 Å². The Bertz CT molecular complexity index is 1490. The molecule has 2 atom stereocenters. The van der Waals surface area contributed by atoms with Crippen molar-refractivity contribution in [1.82, 2.24) is 4.98 Å². The number of benzene rings is 2. The first kappa shape index (κ1) is 29.0. The third-order valence-corrected chi connectivity index (χ3v) is 7.85. The van der Waals surface area contributed by atoms with E-state index in [1.54, 1.807) is 53.3 Å². The second-order valence-electron chi connectivity index (χ2n) is 9.26. The molecule has 0 fully saturated rings. The molecule has 0 saturated heterocycles. The van der Waals surface area contributed by atoms with Crippen molar-refractivity contribution in [1.29, 1.82) is 0 Å². The number of carbonyl (C=O) groups is 2. The summed E-state index contributed by atoms with van der Waals surface area (Å²) in [5.74, 6) is -1.11. The van der Waals surface area contributed by atoms with Crippen LogP contribution in [-0.2, 0) is 19.1 Å². The number of aromatic nitrogens is 1. The van der Waals surface area contributed by atoms with E-state index < -0.39 is 23.8 Å². The Balaban J connectivity index is 1.89. The monoisotopic (exact) mass is 562 g/mol. The van der Waals surface area contributed by atoms with Gasteiger partial charge < -0.3 is 18.9 Å². The van der Waals surface area contributed by atoms with E-state index in [9.17, 15) is 9.59 Å². The molecule has 1 aromatic heterocycles. The van der Waals surface area contributed by atoms with Crippen molar-refractivity contribution in [2.75, 3.05) is 27.4 Å². The number of carbonyl (C=O) groups excluding carboxylic acids is 2. The summed E-state index contributed by atoms with van der Waals surface area (Å²) < 4.78 is 21.8. The molecule has 1 aliphatic heterocycles. The molecule has 0 radical (unpaired) electrons. The number of ether oxygens (including phenoxy) is 4. The quantitative estimate of drug-likeness (QED) is 0.279. The highest BCUT2D eigenvalue weighted by molar-refractivity contribution is 7.15. The van der Waals surface area contributed by atoms with Crippen molar-refractivity contribution in [2.45, 2.75) is 40.5 Å². The summed E-state index contributed by atoms with van der Waals surface area (Å²) in [6.45, 7) is 9.53. The molecule has 2 unspecified atom stereocenters. The van der Waals surface area contributed by atoms with Crippen LogP contribution < -0.4 is 9.47 Å². The minimum Gasteiger partial charge on any atom is -0.493 e. The first-order valence-corrected chi connectivity index (χ1v) is 14.0. The Morgan fingerprint density at radius 3 is 2.30 bits per heavy atom. The number of thiazole rings is 1. The van der Waals surface area contributed by atoms with Gasteiger partial charge in [-0.15, -0.1) is 11.3 Å². The van der Waals surface area contributed by atoms with Crippen LogP contribution in [0.4, 0.5) is 0 Å². The number of hydrogen-bond acceptors (Lipinski definition) is 9. The van der Waals surface area contributed by atoms with Crippen LogP contribution in [0.2, 0.25) is 0 Å². The lowest BCUT2D eigenvalue weighted by molar-refractivity contribution is -0.146. The molecule has 0 N–H and O–H groups in total. The van der Waals surface area contributed by atoms with Gasteiger partial charge in [0.05, 0.1) is 38.7 Å². The van der Waals surface area contributed by atoms with Gasteiger partial charge in [-0.3, -0.25) is 9.79 Å². The highest BCUT2D eigenvalue weighted by Gasteiger charge is 2.43. The van der Waals surface area contributed by atoms with Gasteiger partial charge in [0.15, 0.2) is 11.5 Å². The topological polar surface area (TPSA) is 96.3 Å². The molecule has 2 heterocycles. The van der Waals surface area contributed by atoms with Crippen molar-refractivity contribution in [3.8, 4) is 33.3 Å². The maximum absolute atomic E-state index is 13.3. The highest BCUT2D eigenvalue weighted by atomic mass is 32.1. The summed E-state index contributed by atoms with van der Waals surface area (Å²) in [5, 5.41) is 0.765. The summed E-state index contributed by atoms with van der Waals surface area (Å²) in [5.41, 5.74) is 4.78. The van der Waals surface area contributed by atoms with Crippen LogP contribution in [0.25, 0.3) is 21.8 Å². The molecule has 2 aromatic carbocycles. The predicted molar refractivity (Wildman–Crippen MR) is 156 cm³/mol. The first-order chi connectivity index (χ1) is 19.2. The Labute approximate surface area is 238 Å². The minimum absolute atomic E-state index is 0.205. The summed E-state index contributed by atoms with van der Waals surface area (Å²) >= 11 is 1.54. The molecule has 0 spiro atoms. The summed E-state index contributed by atoms with van der Waals surface area (Å²) in [4.78, 5) is 37.2. The van der Waals surface area contributed by atoms with Gasteiger partial charge in [0.1, 0.15) is 10.9 Å². The molecule has 0 amide bonds. The molecule has 8 nitrogen and oxygen atoms in total. The van der Waals surface area contributed by atoms with Crippen LogP contribution in [0.3, 0.4) is 0 Å². The highest BCUT2D eigenvalue weighted by Crippen LogP contribution is 2.45. The predicted octanol–water partition coefficient (Wildman–Crippen LogP) is 6.38. The molecular formula is C31H34N2O6S. The van der Waals surface area contributed by atoms with Crippen LogP contribution in [-0.4, -0.2) is 50.1 Å². The van der Waals surface area contributed by atoms with Gasteiger partial charge in [-0.2, -0.15) is 0 Å². The maximum Gasteiger partial charge on any atom is 0.336 e. The third kappa shape index (κ3) is 5.51. The van der Waals surface area contributed by atoms with E-state index in [2.05, 4.69) is 4.99 Å². The fourth-order valence-corrected chi connectivity index (χ4v) is 6.09. The Morgan fingerprint density at radius 1 is 0.925 bits per heavy atom. The van der Waals surface area contributed by atoms with Crippen molar-refractivity contribution in [2.24, 2.45) is 10.9 Å². The lowest BCUT2D eigenvalue weighted by Gasteiger charge is -2.32. The fraction of sp³-hybridized carbons (Fsp3) is 0.355. The molecule has 0 bridgehead atoms. The lowest BCUT2D eigenvalue weighted by atomic mass is 9.74. The molecule has 210 valence electrons. The molecule has 0 aliphatic carbocycles. The molecular weight excluding hydrogens is 528 g/mol. The van der Waals surface area contributed by atoms with Gasteiger partial charge in [0.2, 0.25) is 0 Å². The average Bonchev–Trinajstić information content (AvgIpc) is 3.33. The van der Waals surface area contributed by atoms with E-state index in [0.717, 1.165) is 32.3 Å². The van der Waals surface area contributed by atoms with Crippen LogP contribution >= 0.6 is 11.3 Å². The van der Waals surface area contributed by atoms with Crippen LogP contribution in [0.1, 0.15) is 44.1 Å². The summed E-state index contributed by atoms with van der Waals surface area (Å²) in [6, 6.07) is 13.4. The Hall–Kier alpha value is -3.98. The minimum atomic E-state index is -0.782. The van der Waals surface area contributed by atoms with E-state index >= 15 is 0 Å². The number of aryl methyl sites for hydroxylation is 1. The number of rotatable bonds is 9. The van der Waals surface area contributed by atoms with E-state index in [0.29, 0.717) is 28.5 Å². The van der Waals surface area contributed by atoms with E-state index in [1.807, 2.05) is 49.4 Å². The van der Waals surface area contributed by atoms with Crippen molar-refractivity contribution in [3.63, 3.8) is 0 Å². The van der Waals surface area contributed by atoms with E-state index in [1.165, 1.54) is 0 Å². The smallest absolute Gasteiger partial charge is 0.336 e.